The van der Waals surface area contributed by atoms with Gasteiger partial charge >= 0.3 is 0 Å². The van der Waals surface area contributed by atoms with Gasteiger partial charge in [-0.15, -0.1) is 11.3 Å². The molecule has 1 aliphatic carbocycles. The van der Waals surface area contributed by atoms with Gasteiger partial charge in [0.2, 0.25) is 0 Å². The molecule has 0 spiro atoms. The van der Waals surface area contributed by atoms with E-state index in [4.69, 9.17) is 4.42 Å². The molecule has 126 valence electrons. The summed E-state index contributed by atoms with van der Waals surface area (Å²) in [6.07, 6.45) is 6.42. The van der Waals surface area contributed by atoms with E-state index in [1.807, 2.05) is 6.07 Å². The van der Waals surface area contributed by atoms with Crippen molar-refractivity contribution in [2.75, 3.05) is 5.32 Å². The summed E-state index contributed by atoms with van der Waals surface area (Å²) in [5, 5.41) is 12.1. The molecule has 5 rings (SSSR count). The second-order valence-corrected chi connectivity index (χ2v) is 8.37. The first kappa shape index (κ1) is 15.1. The topological polar surface area (TPSA) is 79.6 Å². The van der Waals surface area contributed by atoms with Crippen molar-refractivity contribution in [3.63, 3.8) is 0 Å². The maximum atomic E-state index is 5.40. The summed E-state index contributed by atoms with van der Waals surface area (Å²) < 4.78 is 6.36. The number of nitrogens with zero attached hydrogens (tertiary/aromatic N) is 3. The molecule has 25 heavy (non-hydrogen) atoms. The van der Waals surface area contributed by atoms with E-state index >= 15 is 0 Å². The number of hydrogen-bond donors (Lipinski definition) is 2. The molecule has 8 heteroatoms. The van der Waals surface area contributed by atoms with E-state index in [0.717, 1.165) is 45.5 Å². The normalized spacial score (nSPS) is 16.9. The summed E-state index contributed by atoms with van der Waals surface area (Å²) in [6.45, 7) is 0. The summed E-state index contributed by atoms with van der Waals surface area (Å²) in [4.78, 5) is 9.91. The molecule has 0 saturated heterocycles. The zero-order chi connectivity index (χ0) is 16.8. The fourth-order valence-corrected chi connectivity index (χ4v) is 5.01. The molecule has 1 atom stereocenters. The van der Waals surface area contributed by atoms with Crippen LogP contribution in [0.25, 0.3) is 22.4 Å². The molecule has 0 saturated carbocycles. The van der Waals surface area contributed by atoms with Crippen molar-refractivity contribution < 1.29 is 4.42 Å². The number of H-pyrrole nitrogens is 1. The second-order valence-electron chi connectivity index (χ2n) is 6.07. The summed E-state index contributed by atoms with van der Waals surface area (Å²) in [5.41, 5.74) is 4.03. The second kappa shape index (κ2) is 5.96. The lowest BCUT2D eigenvalue weighted by Gasteiger charge is -2.23. The molecule has 0 radical (unpaired) electrons. The largest absolute Gasteiger partial charge is 0.442 e. The number of oxazole rings is 1. The summed E-state index contributed by atoms with van der Waals surface area (Å²) >= 11 is 5.24. The Balaban J connectivity index is 1.51. The van der Waals surface area contributed by atoms with Crippen LogP contribution in [-0.2, 0) is 6.42 Å². The minimum absolute atomic E-state index is 0.297. The molecule has 0 aliphatic heterocycles. The van der Waals surface area contributed by atoms with Crippen molar-refractivity contribution in [3.05, 3.63) is 45.3 Å². The number of aryl methyl sites for hydroxylation is 1. The monoisotopic (exact) mass is 415 g/mol. The third-order valence-corrected chi connectivity index (χ3v) is 6.16. The molecule has 1 aromatic carbocycles. The van der Waals surface area contributed by atoms with Crippen molar-refractivity contribution in [1.82, 2.24) is 20.2 Å². The van der Waals surface area contributed by atoms with Crippen molar-refractivity contribution in [2.45, 2.75) is 25.3 Å². The quantitative estimate of drug-likeness (QED) is 0.495. The molecule has 0 fully saturated rings. The van der Waals surface area contributed by atoms with Gasteiger partial charge in [0, 0.05) is 11.1 Å². The van der Waals surface area contributed by atoms with Gasteiger partial charge in [-0.2, -0.15) is 5.10 Å². The van der Waals surface area contributed by atoms with Gasteiger partial charge < -0.3 is 9.73 Å². The Labute approximate surface area is 155 Å². The number of thiazole rings is 1. The zero-order valence-electron chi connectivity index (χ0n) is 13.1. The van der Waals surface area contributed by atoms with Gasteiger partial charge in [-0.1, -0.05) is 0 Å². The first-order valence-corrected chi connectivity index (χ1v) is 9.67. The SMILES string of the molecule is Brc1nc2c(s1)C(Nc1ccc3[nH]nc(-c4cnco4)c3c1)CCC2. The Kier molecular flexibility index (Phi) is 3.60. The molecule has 4 aromatic rings. The van der Waals surface area contributed by atoms with Crippen molar-refractivity contribution in [1.29, 1.82) is 0 Å². The smallest absolute Gasteiger partial charge is 0.181 e. The highest BCUT2D eigenvalue weighted by atomic mass is 79.9. The average Bonchev–Trinajstić information content (AvgIpc) is 3.32. The van der Waals surface area contributed by atoms with Gasteiger partial charge in [0.25, 0.3) is 0 Å². The number of aromatic nitrogens is 4. The number of fused-ring (bicyclic) bond motifs is 2. The van der Waals surface area contributed by atoms with Crippen molar-refractivity contribution in [3.8, 4) is 11.5 Å². The molecule has 1 aliphatic rings. The van der Waals surface area contributed by atoms with E-state index in [9.17, 15) is 0 Å². The van der Waals surface area contributed by atoms with Crippen molar-refractivity contribution >= 4 is 43.9 Å². The van der Waals surface area contributed by atoms with E-state index in [-0.39, 0.29) is 0 Å². The predicted molar refractivity (Wildman–Crippen MR) is 101 cm³/mol. The van der Waals surface area contributed by atoms with Gasteiger partial charge in [-0.05, 0) is 53.4 Å². The molecule has 6 nitrogen and oxygen atoms in total. The lowest BCUT2D eigenvalue weighted by atomic mass is 9.97. The molecule has 0 bridgehead atoms. The lowest BCUT2D eigenvalue weighted by Crippen LogP contribution is -2.15. The van der Waals surface area contributed by atoms with Crippen LogP contribution in [0.1, 0.15) is 29.5 Å². The minimum Gasteiger partial charge on any atom is -0.442 e. The lowest BCUT2D eigenvalue weighted by molar-refractivity contribution is 0.570. The molecular weight excluding hydrogens is 402 g/mol. The molecule has 3 heterocycles. The van der Waals surface area contributed by atoms with Crippen LogP contribution in [0.5, 0.6) is 0 Å². The average molecular weight is 416 g/mol. The Morgan fingerprint density at radius 2 is 2.32 bits per heavy atom. The summed E-state index contributed by atoms with van der Waals surface area (Å²) in [7, 11) is 0. The molecule has 1 unspecified atom stereocenters. The molecule has 2 N–H and O–H groups in total. The van der Waals surface area contributed by atoms with Crippen LogP contribution in [0.2, 0.25) is 0 Å². The first-order chi connectivity index (χ1) is 12.3. The van der Waals surface area contributed by atoms with E-state index in [1.54, 1.807) is 17.5 Å². The minimum atomic E-state index is 0.297. The fraction of sp³-hybridized carbons (Fsp3) is 0.235. The molecule has 3 aromatic heterocycles. The van der Waals surface area contributed by atoms with Crippen molar-refractivity contribution in [2.24, 2.45) is 0 Å². The van der Waals surface area contributed by atoms with E-state index < -0.39 is 0 Å². The Hall–Kier alpha value is -2.19. The Bertz CT molecular complexity index is 1040. The summed E-state index contributed by atoms with van der Waals surface area (Å²) in [6, 6.07) is 6.53. The van der Waals surface area contributed by atoms with Gasteiger partial charge in [-0.3, -0.25) is 5.10 Å². The van der Waals surface area contributed by atoms with E-state index in [2.05, 4.69) is 53.5 Å². The number of hydrogen-bond acceptors (Lipinski definition) is 6. The molecule has 0 amide bonds. The highest BCUT2D eigenvalue weighted by molar-refractivity contribution is 9.11. The summed E-state index contributed by atoms with van der Waals surface area (Å²) in [5.74, 6) is 0.662. The van der Waals surface area contributed by atoms with E-state index in [1.165, 1.54) is 17.0 Å². The fourth-order valence-electron chi connectivity index (χ4n) is 3.35. The van der Waals surface area contributed by atoms with Crippen LogP contribution < -0.4 is 5.32 Å². The zero-order valence-corrected chi connectivity index (χ0v) is 15.5. The third kappa shape index (κ3) is 2.65. The van der Waals surface area contributed by atoms with Gasteiger partial charge in [0.15, 0.2) is 16.1 Å². The maximum absolute atomic E-state index is 5.40. The van der Waals surface area contributed by atoms with Crippen LogP contribution in [0.4, 0.5) is 5.69 Å². The Morgan fingerprint density at radius 3 is 3.20 bits per heavy atom. The van der Waals surface area contributed by atoms with Crippen LogP contribution in [0, 0.1) is 0 Å². The number of anilines is 1. The van der Waals surface area contributed by atoms with Crippen LogP contribution >= 0.6 is 27.3 Å². The van der Waals surface area contributed by atoms with Gasteiger partial charge in [-0.25, -0.2) is 9.97 Å². The van der Waals surface area contributed by atoms with Crippen LogP contribution in [0.3, 0.4) is 0 Å². The number of nitrogens with one attached hydrogen (secondary N) is 2. The highest BCUT2D eigenvalue weighted by Crippen LogP contribution is 2.38. The first-order valence-electron chi connectivity index (χ1n) is 8.06. The maximum Gasteiger partial charge on any atom is 0.181 e. The molecular formula is C17H14BrN5OS. The van der Waals surface area contributed by atoms with Crippen LogP contribution in [-0.4, -0.2) is 20.2 Å². The Morgan fingerprint density at radius 1 is 1.36 bits per heavy atom. The number of aromatic amines is 1. The third-order valence-electron chi connectivity index (χ3n) is 4.49. The highest BCUT2D eigenvalue weighted by Gasteiger charge is 2.24. The van der Waals surface area contributed by atoms with E-state index in [0.29, 0.717) is 11.8 Å². The predicted octanol–water partition coefficient (Wildman–Crippen LogP) is 4.93. The van der Waals surface area contributed by atoms with Crippen LogP contribution in [0.15, 0.2) is 39.1 Å². The standard InChI is InChI=1S/C17H14BrN5OS/c18-17-21-13-3-1-2-12(16(13)25-17)20-9-4-5-11-10(6-9)15(23-22-11)14-7-19-8-24-14/h4-8,12,20H,1-3H2,(H,22,23). The number of rotatable bonds is 3. The number of benzene rings is 1. The van der Waals surface area contributed by atoms with Gasteiger partial charge in [0.1, 0.15) is 5.69 Å². The van der Waals surface area contributed by atoms with Gasteiger partial charge in [0.05, 0.1) is 28.3 Å². The number of halogens is 1.